The minimum absolute atomic E-state index is 0.427. The lowest BCUT2D eigenvalue weighted by atomic mass is 10.0. The smallest absolute Gasteiger partial charge is 0.190 e. The summed E-state index contributed by atoms with van der Waals surface area (Å²) in [6.07, 6.45) is 32.7. The molecule has 1 heterocycles. The molecule has 180 valence electrons. The summed E-state index contributed by atoms with van der Waals surface area (Å²) < 4.78 is 11.7. The van der Waals surface area contributed by atoms with E-state index in [-0.39, 0.29) is 0 Å². The van der Waals surface area contributed by atoms with Crippen LogP contribution in [0.4, 0.5) is 0 Å². The Hall–Kier alpha value is 0.137. The van der Waals surface area contributed by atoms with Gasteiger partial charge in [0.15, 0.2) is 9.76 Å². The molecular formula is C27H56O2Si. The van der Waals surface area contributed by atoms with E-state index in [1.807, 2.05) is 0 Å². The van der Waals surface area contributed by atoms with E-state index in [2.05, 4.69) is 6.92 Å². The highest BCUT2D eigenvalue weighted by Gasteiger charge is 2.14. The van der Waals surface area contributed by atoms with Crippen molar-refractivity contribution in [3.8, 4) is 0 Å². The van der Waals surface area contributed by atoms with E-state index in [9.17, 15) is 0 Å². The summed E-state index contributed by atoms with van der Waals surface area (Å²) in [7, 11) is -0.427. The maximum atomic E-state index is 5.92. The second-order valence-corrected chi connectivity index (χ2v) is 11.4. The molecule has 30 heavy (non-hydrogen) atoms. The van der Waals surface area contributed by atoms with E-state index in [1.165, 1.54) is 148 Å². The Kier molecular flexibility index (Phi) is 22.3. The highest BCUT2D eigenvalue weighted by molar-refractivity contribution is 6.29. The van der Waals surface area contributed by atoms with Crippen LogP contribution in [0.1, 0.15) is 155 Å². The largest absolute Gasteiger partial charge is 0.421 e. The Labute approximate surface area is 192 Å². The summed E-state index contributed by atoms with van der Waals surface area (Å²) in [5.74, 6) is 0. The summed E-state index contributed by atoms with van der Waals surface area (Å²) in [5, 5.41) is 0. The monoisotopic (exact) mass is 440 g/mol. The van der Waals surface area contributed by atoms with Crippen molar-refractivity contribution >= 4 is 9.76 Å². The first-order chi connectivity index (χ1) is 14.9. The first kappa shape index (κ1) is 28.2. The third kappa shape index (κ3) is 20.1. The normalized spacial score (nSPS) is 17.3. The van der Waals surface area contributed by atoms with Gasteiger partial charge >= 0.3 is 0 Å². The highest BCUT2D eigenvalue weighted by atomic mass is 28.2. The van der Waals surface area contributed by atoms with E-state index < -0.39 is 9.76 Å². The van der Waals surface area contributed by atoms with E-state index in [1.54, 1.807) is 0 Å². The Morgan fingerprint density at radius 1 is 0.600 bits per heavy atom. The molecule has 1 atom stereocenters. The summed E-state index contributed by atoms with van der Waals surface area (Å²) in [4.78, 5) is 0. The van der Waals surface area contributed by atoms with Gasteiger partial charge in [0.25, 0.3) is 0 Å². The molecule has 0 aliphatic carbocycles. The van der Waals surface area contributed by atoms with Crippen molar-refractivity contribution in [2.75, 3.05) is 13.2 Å². The molecule has 1 fully saturated rings. The quantitative estimate of drug-likeness (QED) is 0.117. The third-order valence-electron chi connectivity index (χ3n) is 6.72. The number of rotatable bonds is 23. The van der Waals surface area contributed by atoms with Gasteiger partial charge in [-0.05, 0) is 25.7 Å². The highest BCUT2D eigenvalue weighted by Crippen LogP contribution is 2.15. The van der Waals surface area contributed by atoms with Gasteiger partial charge < -0.3 is 9.16 Å². The molecular weight excluding hydrogens is 384 g/mol. The SMILES string of the molecule is CCCCCCCCCCCCCCCCCCCCCCO[SiH2]C1CCCCO1. The first-order valence-corrected chi connectivity index (χ1v) is 15.5. The fourth-order valence-electron chi connectivity index (χ4n) is 4.61. The van der Waals surface area contributed by atoms with Crippen LogP contribution in [0, 0.1) is 0 Å². The maximum absolute atomic E-state index is 5.92. The standard InChI is InChI=1S/C27H56O2Si/c1-2-3-4-5-6-7-8-9-10-11-12-13-14-15-16-17-18-19-20-22-26-29-30-27-24-21-23-25-28-27/h27H,2-26,30H2,1H3. The minimum Gasteiger partial charge on any atom is -0.421 e. The Bertz CT molecular complexity index is 318. The van der Waals surface area contributed by atoms with Crippen LogP contribution < -0.4 is 0 Å². The van der Waals surface area contributed by atoms with Crippen LogP contribution >= 0.6 is 0 Å². The molecule has 1 saturated heterocycles. The fourth-order valence-corrected chi connectivity index (χ4v) is 5.96. The van der Waals surface area contributed by atoms with Crippen LogP contribution in [0.25, 0.3) is 0 Å². The van der Waals surface area contributed by atoms with Crippen molar-refractivity contribution in [1.82, 2.24) is 0 Å². The van der Waals surface area contributed by atoms with Gasteiger partial charge in [-0.2, -0.15) is 0 Å². The molecule has 0 N–H and O–H groups in total. The van der Waals surface area contributed by atoms with Crippen molar-refractivity contribution < 1.29 is 9.16 Å². The van der Waals surface area contributed by atoms with Crippen molar-refractivity contribution in [2.24, 2.45) is 0 Å². The van der Waals surface area contributed by atoms with Crippen molar-refractivity contribution in [1.29, 1.82) is 0 Å². The predicted molar refractivity (Wildman–Crippen MR) is 136 cm³/mol. The van der Waals surface area contributed by atoms with Gasteiger partial charge in [-0.25, -0.2) is 0 Å². The first-order valence-electron chi connectivity index (χ1n) is 14.1. The zero-order valence-electron chi connectivity index (χ0n) is 20.8. The minimum atomic E-state index is -0.427. The van der Waals surface area contributed by atoms with Crippen LogP contribution in [0.3, 0.4) is 0 Å². The lowest BCUT2D eigenvalue weighted by molar-refractivity contribution is 0.0549. The third-order valence-corrected chi connectivity index (χ3v) is 8.26. The van der Waals surface area contributed by atoms with Gasteiger partial charge in [0.05, 0.1) is 5.73 Å². The average molecular weight is 441 g/mol. The molecule has 2 nitrogen and oxygen atoms in total. The second-order valence-electron chi connectivity index (χ2n) is 9.78. The van der Waals surface area contributed by atoms with Crippen molar-refractivity contribution in [2.45, 2.75) is 160 Å². The topological polar surface area (TPSA) is 18.5 Å². The molecule has 1 rings (SSSR count). The Morgan fingerprint density at radius 2 is 1.03 bits per heavy atom. The van der Waals surface area contributed by atoms with E-state index in [0.717, 1.165) is 13.2 Å². The van der Waals surface area contributed by atoms with Gasteiger partial charge in [0, 0.05) is 13.2 Å². The number of unbranched alkanes of at least 4 members (excludes halogenated alkanes) is 19. The number of ether oxygens (including phenoxy) is 1. The average Bonchev–Trinajstić information content (AvgIpc) is 2.78. The van der Waals surface area contributed by atoms with Gasteiger partial charge in [-0.15, -0.1) is 0 Å². The molecule has 3 heteroatoms. The zero-order chi connectivity index (χ0) is 21.4. The number of hydrogen-bond acceptors (Lipinski definition) is 2. The molecule has 0 bridgehead atoms. The number of hydrogen-bond donors (Lipinski definition) is 0. The predicted octanol–water partition coefficient (Wildman–Crippen LogP) is 8.44. The van der Waals surface area contributed by atoms with Crippen LogP contribution in [0.5, 0.6) is 0 Å². The second kappa shape index (κ2) is 23.8. The molecule has 1 aliphatic rings. The van der Waals surface area contributed by atoms with Crippen molar-refractivity contribution in [3.63, 3.8) is 0 Å². The lowest BCUT2D eigenvalue weighted by Crippen LogP contribution is -2.27. The molecule has 1 aliphatic heterocycles. The summed E-state index contributed by atoms with van der Waals surface area (Å²) in [6.45, 7) is 4.26. The molecule has 0 saturated carbocycles. The molecule has 0 spiro atoms. The van der Waals surface area contributed by atoms with Gasteiger partial charge in [0.2, 0.25) is 0 Å². The molecule has 0 aromatic rings. The van der Waals surface area contributed by atoms with E-state index in [0.29, 0.717) is 5.73 Å². The van der Waals surface area contributed by atoms with E-state index in [4.69, 9.17) is 9.16 Å². The molecule has 0 aromatic carbocycles. The van der Waals surface area contributed by atoms with Crippen LogP contribution in [-0.2, 0) is 9.16 Å². The Balaban J connectivity index is 1.63. The summed E-state index contributed by atoms with van der Waals surface area (Å²) in [5.41, 5.74) is 0.517. The van der Waals surface area contributed by atoms with E-state index >= 15 is 0 Å². The van der Waals surface area contributed by atoms with Crippen molar-refractivity contribution in [3.05, 3.63) is 0 Å². The maximum Gasteiger partial charge on any atom is 0.190 e. The molecule has 0 radical (unpaired) electrons. The Morgan fingerprint density at radius 3 is 1.43 bits per heavy atom. The fraction of sp³-hybridized carbons (Fsp3) is 1.00. The molecule has 0 aromatic heterocycles. The lowest BCUT2D eigenvalue weighted by Gasteiger charge is -2.21. The van der Waals surface area contributed by atoms with Crippen LogP contribution in [-0.4, -0.2) is 28.7 Å². The molecule has 1 unspecified atom stereocenters. The van der Waals surface area contributed by atoms with Gasteiger partial charge in [-0.3, -0.25) is 0 Å². The zero-order valence-corrected chi connectivity index (χ0v) is 22.2. The molecule has 0 amide bonds. The van der Waals surface area contributed by atoms with Gasteiger partial charge in [-0.1, -0.05) is 129 Å². The van der Waals surface area contributed by atoms with Gasteiger partial charge in [0.1, 0.15) is 0 Å². The van der Waals surface area contributed by atoms with Crippen LogP contribution in [0.15, 0.2) is 0 Å². The summed E-state index contributed by atoms with van der Waals surface area (Å²) in [6, 6.07) is 0. The van der Waals surface area contributed by atoms with Crippen LogP contribution in [0.2, 0.25) is 0 Å². The summed E-state index contributed by atoms with van der Waals surface area (Å²) >= 11 is 0.